The Balaban J connectivity index is 2.90. The Kier molecular flexibility index (Phi) is 4.72. The summed E-state index contributed by atoms with van der Waals surface area (Å²) >= 11 is 0. The molecule has 6 heteroatoms. The molecule has 3 nitrogen and oxygen atoms in total. The SMILES string of the molecule is CCC(C(=O)O)N(C)Cc1cc(F)c(F)cc1F. The maximum atomic E-state index is 13.4. The summed E-state index contributed by atoms with van der Waals surface area (Å²) in [6.45, 7) is 1.57. The van der Waals surface area contributed by atoms with Crippen LogP contribution in [-0.2, 0) is 11.3 Å². The molecule has 0 spiro atoms. The van der Waals surface area contributed by atoms with E-state index in [0.717, 1.165) is 6.07 Å². The topological polar surface area (TPSA) is 40.5 Å². The Labute approximate surface area is 103 Å². The first-order valence-electron chi connectivity index (χ1n) is 5.43. The van der Waals surface area contributed by atoms with Crippen molar-refractivity contribution in [3.63, 3.8) is 0 Å². The number of likely N-dealkylation sites (N-methyl/N-ethyl adjacent to an activating group) is 1. The van der Waals surface area contributed by atoms with E-state index in [0.29, 0.717) is 12.5 Å². The minimum Gasteiger partial charge on any atom is -0.480 e. The minimum absolute atomic E-state index is 0.0731. The number of hydrogen-bond donors (Lipinski definition) is 1. The fourth-order valence-corrected chi connectivity index (χ4v) is 1.74. The van der Waals surface area contributed by atoms with Crippen LogP contribution < -0.4 is 0 Å². The highest BCUT2D eigenvalue weighted by Gasteiger charge is 2.22. The van der Waals surface area contributed by atoms with Gasteiger partial charge in [-0.25, -0.2) is 13.2 Å². The predicted octanol–water partition coefficient (Wildman–Crippen LogP) is 2.40. The van der Waals surface area contributed by atoms with E-state index in [1.54, 1.807) is 6.92 Å². The van der Waals surface area contributed by atoms with Gasteiger partial charge in [-0.2, -0.15) is 0 Å². The maximum Gasteiger partial charge on any atom is 0.320 e. The number of carbonyl (C=O) groups is 1. The van der Waals surface area contributed by atoms with E-state index in [1.807, 2.05) is 0 Å². The summed E-state index contributed by atoms with van der Waals surface area (Å²) in [4.78, 5) is 12.3. The molecule has 0 saturated heterocycles. The summed E-state index contributed by atoms with van der Waals surface area (Å²) in [5.74, 6) is -4.34. The third-order valence-electron chi connectivity index (χ3n) is 2.71. The van der Waals surface area contributed by atoms with Crippen molar-refractivity contribution >= 4 is 5.97 Å². The summed E-state index contributed by atoms with van der Waals surface area (Å²) in [5, 5.41) is 8.92. The number of carboxylic acids is 1. The van der Waals surface area contributed by atoms with Crippen molar-refractivity contribution in [1.82, 2.24) is 4.90 Å². The third-order valence-corrected chi connectivity index (χ3v) is 2.71. The van der Waals surface area contributed by atoms with Gasteiger partial charge in [-0.1, -0.05) is 6.92 Å². The first-order valence-corrected chi connectivity index (χ1v) is 5.43. The summed E-state index contributed by atoms with van der Waals surface area (Å²) < 4.78 is 39.1. The molecule has 0 saturated carbocycles. The van der Waals surface area contributed by atoms with E-state index in [-0.39, 0.29) is 12.1 Å². The van der Waals surface area contributed by atoms with Crippen LogP contribution in [0, 0.1) is 17.5 Å². The molecule has 1 unspecified atom stereocenters. The number of halogens is 3. The lowest BCUT2D eigenvalue weighted by Gasteiger charge is -2.23. The summed E-state index contributed by atoms with van der Waals surface area (Å²) in [6.07, 6.45) is 0.330. The number of benzene rings is 1. The van der Waals surface area contributed by atoms with Gasteiger partial charge in [0.1, 0.15) is 11.9 Å². The standard InChI is InChI=1S/C12H14F3NO2/c1-3-11(12(17)18)16(2)6-7-4-9(14)10(15)5-8(7)13/h4-5,11H,3,6H2,1-2H3,(H,17,18). The van der Waals surface area contributed by atoms with Crippen LogP contribution in [0.1, 0.15) is 18.9 Å². The summed E-state index contributed by atoms with van der Waals surface area (Å²) in [6, 6.07) is 0.410. The lowest BCUT2D eigenvalue weighted by Crippen LogP contribution is -2.37. The van der Waals surface area contributed by atoms with Crippen LogP contribution in [0.2, 0.25) is 0 Å². The third kappa shape index (κ3) is 3.22. The van der Waals surface area contributed by atoms with Gasteiger partial charge in [0.05, 0.1) is 0 Å². The molecule has 0 aliphatic carbocycles. The second kappa shape index (κ2) is 5.86. The Morgan fingerprint density at radius 1 is 1.28 bits per heavy atom. The highest BCUT2D eigenvalue weighted by atomic mass is 19.2. The van der Waals surface area contributed by atoms with Crippen molar-refractivity contribution < 1.29 is 23.1 Å². The Hall–Kier alpha value is -1.56. The first-order chi connectivity index (χ1) is 8.36. The van der Waals surface area contributed by atoms with Gasteiger partial charge in [-0.05, 0) is 19.5 Å². The quantitative estimate of drug-likeness (QED) is 0.827. The zero-order valence-corrected chi connectivity index (χ0v) is 10.1. The highest BCUT2D eigenvalue weighted by Crippen LogP contribution is 2.16. The lowest BCUT2D eigenvalue weighted by molar-refractivity contribution is -0.143. The molecule has 0 aliphatic heterocycles. The van der Waals surface area contributed by atoms with Gasteiger partial charge in [-0.15, -0.1) is 0 Å². The van der Waals surface area contributed by atoms with Crippen molar-refractivity contribution in [2.24, 2.45) is 0 Å². The number of aliphatic carboxylic acids is 1. The second-order valence-corrected chi connectivity index (χ2v) is 4.04. The molecule has 1 aromatic rings. The van der Waals surface area contributed by atoms with Gasteiger partial charge in [0.15, 0.2) is 11.6 Å². The van der Waals surface area contributed by atoms with Crippen LogP contribution in [0.25, 0.3) is 0 Å². The van der Waals surface area contributed by atoms with E-state index >= 15 is 0 Å². The number of carboxylic acid groups (broad SMARTS) is 1. The molecule has 1 N–H and O–H groups in total. The Morgan fingerprint density at radius 2 is 1.83 bits per heavy atom. The molecule has 0 bridgehead atoms. The maximum absolute atomic E-state index is 13.4. The predicted molar refractivity (Wildman–Crippen MR) is 59.5 cm³/mol. The molecule has 100 valence electrons. The zero-order valence-electron chi connectivity index (χ0n) is 10.1. The van der Waals surface area contributed by atoms with Crippen LogP contribution >= 0.6 is 0 Å². The summed E-state index contributed by atoms with van der Waals surface area (Å²) in [5.41, 5.74) is -0.0731. The zero-order chi connectivity index (χ0) is 13.9. The van der Waals surface area contributed by atoms with E-state index in [9.17, 15) is 18.0 Å². The fraction of sp³-hybridized carbons (Fsp3) is 0.417. The van der Waals surface area contributed by atoms with E-state index in [4.69, 9.17) is 5.11 Å². The van der Waals surface area contributed by atoms with Crippen molar-refractivity contribution in [3.8, 4) is 0 Å². The molecular weight excluding hydrogens is 247 g/mol. The second-order valence-electron chi connectivity index (χ2n) is 4.04. The van der Waals surface area contributed by atoms with Gasteiger partial charge in [0, 0.05) is 18.2 Å². The van der Waals surface area contributed by atoms with Gasteiger partial charge >= 0.3 is 5.97 Å². The number of nitrogens with zero attached hydrogens (tertiary/aromatic N) is 1. The Morgan fingerprint density at radius 3 is 2.33 bits per heavy atom. The molecule has 1 atom stereocenters. The van der Waals surface area contributed by atoms with Crippen LogP contribution in [0.5, 0.6) is 0 Å². The van der Waals surface area contributed by atoms with E-state index < -0.39 is 29.5 Å². The van der Waals surface area contributed by atoms with Crippen molar-refractivity contribution in [3.05, 3.63) is 35.1 Å². The van der Waals surface area contributed by atoms with Gasteiger partial charge in [0.2, 0.25) is 0 Å². The normalized spacial score (nSPS) is 12.8. The highest BCUT2D eigenvalue weighted by molar-refractivity contribution is 5.73. The van der Waals surface area contributed by atoms with Crippen LogP contribution in [0.3, 0.4) is 0 Å². The van der Waals surface area contributed by atoms with Crippen molar-refractivity contribution in [2.45, 2.75) is 25.9 Å². The molecule has 1 aromatic carbocycles. The van der Waals surface area contributed by atoms with Gasteiger partial charge in [-0.3, -0.25) is 9.69 Å². The average molecular weight is 261 g/mol. The number of rotatable bonds is 5. The molecule has 1 rings (SSSR count). The Bertz CT molecular complexity index is 451. The molecule has 0 amide bonds. The lowest BCUT2D eigenvalue weighted by atomic mass is 10.1. The molecule has 0 heterocycles. The molecule has 0 aromatic heterocycles. The fourth-order valence-electron chi connectivity index (χ4n) is 1.74. The number of hydrogen-bond acceptors (Lipinski definition) is 2. The molecule has 0 fully saturated rings. The van der Waals surface area contributed by atoms with Gasteiger partial charge in [0.25, 0.3) is 0 Å². The van der Waals surface area contributed by atoms with Crippen LogP contribution in [-0.4, -0.2) is 29.1 Å². The van der Waals surface area contributed by atoms with Crippen LogP contribution in [0.4, 0.5) is 13.2 Å². The smallest absolute Gasteiger partial charge is 0.320 e. The average Bonchev–Trinajstić information content (AvgIpc) is 2.26. The van der Waals surface area contributed by atoms with Gasteiger partial charge < -0.3 is 5.11 Å². The van der Waals surface area contributed by atoms with E-state index in [1.165, 1.54) is 11.9 Å². The molecule has 0 radical (unpaired) electrons. The largest absolute Gasteiger partial charge is 0.480 e. The first kappa shape index (κ1) is 14.5. The summed E-state index contributed by atoms with van der Waals surface area (Å²) in [7, 11) is 1.49. The van der Waals surface area contributed by atoms with Crippen molar-refractivity contribution in [1.29, 1.82) is 0 Å². The molecule has 0 aliphatic rings. The van der Waals surface area contributed by atoms with Crippen molar-refractivity contribution in [2.75, 3.05) is 7.05 Å². The van der Waals surface area contributed by atoms with Crippen LogP contribution in [0.15, 0.2) is 12.1 Å². The molecule has 18 heavy (non-hydrogen) atoms. The minimum atomic E-state index is -1.26. The molecular formula is C12H14F3NO2. The monoisotopic (exact) mass is 261 g/mol. The van der Waals surface area contributed by atoms with E-state index in [2.05, 4.69) is 0 Å².